The van der Waals surface area contributed by atoms with E-state index in [1.807, 2.05) is 0 Å². The smallest absolute Gasteiger partial charge is 0.329 e. The van der Waals surface area contributed by atoms with Crippen LogP contribution in [0.15, 0.2) is 30.5 Å². The molecule has 0 aromatic heterocycles. The Bertz CT molecular complexity index is 390. The Hall–Kier alpha value is -2.04. The van der Waals surface area contributed by atoms with Crippen LogP contribution in [0.4, 0.5) is 10.1 Å². The van der Waals surface area contributed by atoms with E-state index >= 15 is 0 Å². The molecule has 0 bridgehead atoms. The number of carboxylic acids is 1. The van der Waals surface area contributed by atoms with Crippen molar-refractivity contribution in [2.75, 3.05) is 12.4 Å². The monoisotopic (exact) mass is 211 g/mol. The zero-order valence-corrected chi connectivity index (χ0v) is 8.03. The number of carboxylic acid groups (broad SMARTS) is 1. The van der Waals surface area contributed by atoms with E-state index in [4.69, 9.17) is 9.84 Å². The number of rotatable bonds is 4. The predicted molar refractivity (Wildman–Crippen MR) is 53.4 cm³/mol. The molecule has 0 unspecified atom stereocenters. The van der Waals surface area contributed by atoms with Gasteiger partial charge >= 0.3 is 5.97 Å². The molecule has 0 radical (unpaired) electrons. The highest BCUT2D eigenvalue weighted by atomic mass is 19.1. The van der Waals surface area contributed by atoms with Crippen LogP contribution in [0.3, 0.4) is 0 Å². The van der Waals surface area contributed by atoms with Crippen LogP contribution >= 0.6 is 0 Å². The van der Waals surface area contributed by atoms with Gasteiger partial charge in [-0.05, 0) is 12.1 Å². The summed E-state index contributed by atoms with van der Waals surface area (Å²) in [6, 6.07) is 3.91. The lowest BCUT2D eigenvalue weighted by atomic mass is 10.3. The Morgan fingerprint density at radius 1 is 1.60 bits per heavy atom. The quantitative estimate of drug-likeness (QED) is 0.746. The topological polar surface area (TPSA) is 58.6 Å². The maximum Gasteiger partial charge on any atom is 0.329 e. The minimum atomic E-state index is -1.07. The van der Waals surface area contributed by atoms with Crippen LogP contribution < -0.4 is 10.1 Å². The summed E-state index contributed by atoms with van der Waals surface area (Å²) in [6.45, 7) is 0. The van der Waals surface area contributed by atoms with Crippen molar-refractivity contribution < 1.29 is 19.0 Å². The van der Waals surface area contributed by atoms with Gasteiger partial charge in [-0.3, -0.25) is 0 Å². The number of ether oxygens (including phenoxy) is 1. The first-order chi connectivity index (χ1) is 7.13. The van der Waals surface area contributed by atoms with Crippen LogP contribution in [0.1, 0.15) is 0 Å². The van der Waals surface area contributed by atoms with Crippen LogP contribution in [0.5, 0.6) is 5.75 Å². The Labute approximate surface area is 86.0 Å². The molecule has 0 saturated heterocycles. The fraction of sp³-hybridized carbons (Fsp3) is 0.100. The molecule has 0 aliphatic rings. The third-order valence-corrected chi connectivity index (χ3v) is 1.63. The molecule has 5 heteroatoms. The lowest BCUT2D eigenvalue weighted by Crippen LogP contribution is -1.95. The maximum atomic E-state index is 12.8. The van der Waals surface area contributed by atoms with Gasteiger partial charge in [-0.1, -0.05) is 0 Å². The number of aliphatic carboxylic acids is 1. The van der Waals surface area contributed by atoms with Gasteiger partial charge in [0, 0.05) is 18.3 Å². The van der Waals surface area contributed by atoms with E-state index in [0.29, 0.717) is 11.4 Å². The van der Waals surface area contributed by atoms with Crippen molar-refractivity contribution in [3.8, 4) is 5.75 Å². The minimum absolute atomic E-state index is 0.310. The average Bonchev–Trinajstić information content (AvgIpc) is 2.19. The van der Waals surface area contributed by atoms with Crippen molar-refractivity contribution in [3.05, 3.63) is 36.3 Å². The second-order valence-electron chi connectivity index (χ2n) is 2.66. The average molecular weight is 211 g/mol. The summed E-state index contributed by atoms with van der Waals surface area (Å²) < 4.78 is 17.7. The van der Waals surface area contributed by atoms with E-state index in [2.05, 4.69) is 5.32 Å². The van der Waals surface area contributed by atoms with Crippen LogP contribution in [-0.2, 0) is 4.79 Å². The van der Waals surface area contributed by atoms with Crippen LogP contribution in [0.2, 0.25) is 0 Å². The van der Waals surface area contributed by atoms with E-state index in [9.17, 15) is 9.18 Å². The number of nitrogens with one attached hydrogen (secondary N) is 1. The SMILES string of the molecule is COc1cc(F)ccc1N/C=C/C(=O)O. The summed E-state index contributed by atoms with van der Waals surface area (Å²) in [6.07, 6.45) is 2.17. The van der Waals surface area contributed by atoms with Crippen molar-refractivity contribution in [2.45, 2.75) is 0 Å². The van der Waals surface area contributed by atoms with Crippen molar-refractivity contribution in [1.82, 2.24) is 0 Å². The molecule has 0 aliphatic carbocycles. The van der Waals surface area contributed by atoms with E-state index in [-0.39, 0.29) is 0 Å². The molecule has 0 heterocycles. The van der Waals surface area contributed by atoms with Crippen LogP contribution in [-0.4, -0.2) is 18.2 Å². The molecule has 1 aromatic rings. The van der Waals surface area contributed by atoms with Gasteiger partial charge in [0.05, 0.1) is 12.8 Å². The van der Waals surface area contributed by atoms with Gasteiger partial charge in [-0.2, -0.15) is 0 Å². The molecule has 15 heavy (non-hydrogen) atoms. The van der Waals surface area contributed by atoms with Gasteiger partial charge in [-0.15, -0.1) is 0 Å². The fourth-order valence-electron chi connectivity index (χ4n) is 0.987. The van der Waals surface area contributed by atoms with Gasteiger partial charge in [0.25, 0.3) is 0 Å². The molecule has 0 atom stereocenters. The van der Waals surface area contributed by atoms with Crippen molar-refractivity contribution in [1.29, 1.82) is 0 Å². The zero-order chi connectivity index (χ0) is 11.3. The molecule has 0 amide bonds. The number of hydrogen-bond donors (Lipinski definition) is 2. The molecule has 2 N–H and O–H groups in total. The molecule has 1 aromatic carbocycles. The Morgan fingerprint density at radius 2 is 2.33 bits per heavy atom. The highest BCUT2D eigenvalue weighted by molar-refractivity contribution is 5.80. The molecule has 4 nitrogen and oxygen atoms in total. The van der Waals surface area contributed by atoms with Crippen molar-refractivity contribution >= 4 is 11.7 Å². The molecule has 0 aliphatic heterocycles. The molecule has 1 rings (SSSR count). The van der Waals surface area contributed by atoms with Crippen molar-refractivity contribution in [2.24, 2.45) is 0 Å². The van der Waals surface area contributed by atoms with E-state index in [1.54, 1.807) is 0 Å². The standard InChI is InChI=1S/C10H10FNO3/c1-15-9-6-7(11)2-3-8(9)12-5-4-10(13)14/h2-6,12H,1H3,(H,13,14)/b5-4+. The first kappa shape index (κ1) is 11.0. The lowest BCUT2D eigenvalue weighted by molar-refractivity contribution is -0.131. The predicted octanol–water partition coefficient (Wildman–Crippen LogP) is 1.84. The number of anilines is 1. The third-order valence-electron chi connectivity index (χ3n) is 1.63. The van der Waals surface area contributed by atoms with E-state index in [0.717, 1.165) is 6.08 Å². The highest BCUT2D eigenvalue weighted by Gasteiger charge is 2.02. The van der Waals surface area contributed by atoms with E-state index in [1.165, 1.54) is 31.5 Å². The summed E-state index contributed by atoms with van der Waals surface area (Å²) in [5, 5.41) is 11.0. The van der Waals surface area contributed by atoms with Gasteiger partial charge in [0.15, 0.2) is 0 Å². The summed E-state index contributed by atoms with van der Waals surface area (Å²) in [7, 11) is 1.40. The first-order valence-electron chi connectivity index (χ1n) is 4.13. The zero-order valence-electron chi connectivity index (χ0n) is 8.03. The van der Waals surface area contributed by atoms with Gasteiger partial charge in [-0.25, -0.2) is 9.18 Å². The van der Waals surface area contributed by atoms with Crippen molar-refractivity contribution in [3.63, 3.8) is 0 Å². The largest absolute Gasteiger partial charge is 0.494 e. The van der Waals surface area contributed by atoms with Gasteiger partial charge in [0.1, 0.15) is 11.6 Å². The molecular weight excluding hydrogens is 201 g/mol. The number of carbonyl (C=O) groups is 1. The Kier molecular flexibility index (Phi) is 3.68. The number of benzene rings is 1. The second-order valence-corrected chi connectivity index (χ2v) is 2.66. The number of hydrogen-bond acceptors (Lipinski definition) is 3. The Morgan fingerprint density at radius 3 is 2.93 bits per heavy atom. The molecule has 0 fully saturated rings. The van der Waals surface area contributed by atoms with E-state index < -0.39 is 11.8 Å². The highest BCUT2D eigenvalue weighted by Crippen LogP contribution is 2.24. The third kappa shape index (κ3) is 3.30. The number of halogens is 1. The second kappa shape index (κ2) is 4.99. The summed E-state index contributed by atoms with van der Waals surface area (Å²) in [5.74, 6) is -1.17. The van der Waals surface area contributed by atoms with Crippen LogP contribution in [0, 0.1) is 5.82 Å². The lowest BCUT2D eigenvalue weighted by Gasteiger charge is -2.07. The Balaban J connectivity index is 2.80. The summed E-state index contributed by atoms with van der Waals surface area (Å²) in [4.78, 5) is 10.2. The van der Waals surface area contributed by atoms with Gasteiger partial charge in [0.2, 0.25) is 0 Å². The number of methoxy groups -OCH3 is 1. The molecule has 0 spiro atoms. The van der Waals surface area contributed by atoms with Crippen LogP contribution in [0.25, 0.3) is 0 Å². The summed E-state index contributed by atoms with van der Waals surface area (Å²) >= 11 is 0. The minimum Gasteiger partial charge on any atom is -0.494 e. The first-order valence-corrected chi connectivity index (χ1v) is 4.13. The summed E-state index contributed by atoms with van der Waals surface area (Å²) in [5.41, 5.74) is 0.497. The molecular formula is C10H10FNO3. The van der Waals surface area contributed by atoms with Gasteiger partial charge < -0.3 is 15.2 Å². The normalized spacial score (nSPS) is 10.3. The maximum absolute atomic E-state index is 12.8. The fourth-order valence-corrected chi connectivity index (χ4v) is 0.987. The molecule has 80 valence electrons. The molecule has 0 saturated carbocycles.